The molecule has 1 saturated carbocycles. The molecule has 2 rings (SSSR count). The van der Waals surface area contributed by atoms with Crippen LogP contribution in [0.15, 0.2) is 21.5 Å². The van der Waals surface area contributed by atoms with Gasteiger partial charge in [-0.05, 0) is 47.8 Å². The van der Waals surface area contributed by atoms with Gasteiger partial charge in [-0.2, -0.15) is 0 Å². The Labute approximate surface area is 118 Å². The third-order valence-electron chi connectivity index (χ3n) is 2.99. The fourth-order valence-corrected chi connectivity index (χ4v) is 2.68. The highest BCUT2D eigenvalue weighted by Crippen LogP contribution is 2.35. The van der Waals surface area contributed by atoms with Crippen LogP contribution < -0.4 is 10.5 Å². The summed E-state index contributed by atoms with van der Waals surface area (Å²) in [7, 11) is -4.21. The third kappa shape index (κ3) is 3.13. The van der Waals surface area contributed by atoms with E-state index in [9.17, 15) is 17.6 Å². The molecule has 0 aromatic heterocycles. The van der Waals surface area contributed by atoms with Crippen molar-refractivity contribution < 1.29 is 17.6 Å². The summed E-state index contributed by atoms with van der Waals surface area (Å²) in [4.78, 5) is 11.3. The lowest BCUT2D eigenvalue weighted by molar-refractivity contribution is 0.0934. The van der Waals surface area contributed by atoms with Gasteiger partial charge in [0.25, 0.3) is 5.91 Å². The SMILES string of the molecule is CC1(NC(=O)c2cc(S(N)(=O)=O)c(F)cc2Br)CC1. The van der Waals surface area contributed by atoms with Crippen molar-refractivity contribution in [3.05, 3.63) is 28.0 Å². The Morgan fingerprint density at radius 1 is 1.47 bits per heavy atom. The highest BCUT2D eigenvalue weighted by atomic mass is 79.9. The first-order valence-corrected chi connectivity index (χ1v) is 7.81. The number of hydrogen-bond acceptors (Lipinski definition) is 3. The molecule has 0 aliphatic heterocycles. The van der Waals surface area contributed by atoms with Gasteiger partial charge in [0.2, 0.25) is 10.0 Å². The molecule has 0 atom stereocenters. The van der Waals surface area contributed by atoms with Crippen LogP contribution in [0.4, 0.5) is 4.39 Å². The molecule has 0 bridgehead atoms. The van der Waals surface area contributed by atoms with Gasteiger partial charge in [0.15, 0.2) is 0 Å². The first kappa shape index (κ1) is 14.4. The molecule has 1 amide bonds. The predicted octanol–water partition coefficient (Wildman–Crippen LogP) is 1.52. The van der Waals surface area contributed by atoms with Gasteiger partial charge in [-0.3, -0.25) is 4.79 Å². The molecule has 0 heterocycles. The van der Waals surface area contributed by atoms with Crippen LogP contribution in [0.5, 0.6) is 0 Å². The van der Waals surface area contributed by atoms with Crippen molar-refractivity contribution in [2.24, 2.45) is 5.14 Å². The molecule has 19 heavy (non-hydrogen) atoms. The topological polar surface area (TPSA) is 89.3 Å². The van der Waals surface area contributed by atoms with Gasteiger partial charge in [0.05, 0.1) is 5.56 Å². The Morgan fingerprint density at radius 2 is 2.05 bits per heavy atom. The zero-order valence-corrected chi connectivity index (χ0v) is 12.4. The number of nitrogens with two attached hydrogens (primary N) is 1. The molecule has 1 aliphatic rings. The molecule has 8 heteroatoms. The fourth-order valence-electron chi connectivity index (χ4n) is 1.58. The first-order valence-electron chi connectivity index (χ1n) is 5.47. The monoisotopic (exact) mass is 350 g/mol. The lowest BCUT2D eigenvalue weighted by atomic mass is 10.2. The number of nitrogens with one attached hydrogen (secondary N) is 1. The molecule has 1 aromatic carbocycles. The molecule has 0 unspecified atom stereocenters. The Hall–Kier alpha value is -0.990. The van der Waals surface area contributed by atoms with Crippen LogP contribution in [-0.2, 0) is 10.0 Å². The molecule has 0 saturated heterocycles. The molecule has 1 aliphatic carbocycles. The standard InChI is InChI=1S/C11H12BrFN2O3S/c1-11(2-3-11)15-10(16)6-4-9(19(14,17)18)8(13)5-7(6)12/h4-5H,2-3H2,1H3,(H,15,16)(H2,14,17,18). The van der Waals surface area contributed by atoms with Gasteiger partial charge in [0.1, 0.15) is 10.7 Å². The van der Waals surface area contributed by atoms with E-state index in [2.05, 4.69) is 21.2 Å². The van der Waals surface area contributed by atoms with E-state index in [-0.39, 0.29) is 15.6 Å². The molecule has 0 radical (unpaired) electrons. The summed E-state index contributed by atoms with van der Waals surface area (Å²) >= 11 is 3.04. The van der Waals surface area contributed by atoms with Crippen molar-refractivity contribution in [1.82, 2.24) is 5.32 Å². The van der Waals surface area contributed by atoms with Gasteiger partial charge in [-0.15, -0.1) is 0 Å². The molecule has 1 aromatic rings. The van der Waals surface area contributed by atoms with Crippen molar-refractivity contribution in [2.45, 2.75) is 30.2 Å². The Kier molecular flexibility index (Phi) is 3.44. The zero-order chi connectivity index (χ0) is 14.4. The first-order chi connectivity index (χ1) is 8.62. The van der Waals surface area contributed by atoms with Gasteiger partial charge in [-0.25, -0.2) is 17.9 Å². The van der Waals surface area contributed by atoms with Crippen LogP contribution in [0.25, 0.3) is 0 Å². The summed E-state index contributed by atoms with van der Waals surface area (Å²) in [6, 6.07) is 1.86. The van der Waals surface area contributed by atoms with E-state index in [0.29, 0.717) is 0 Å². The lowest BCUT2D eigenvalue weighted by Gasteiger charge is -2.13. The molecule has 0 spiro atoms. The third-order valence-corrected chi connectivity index (χ3v) is 4.57. The number of sulfonamides is 1. The van der Waals surface area contributed by atoms with E-state index in [0.717, 1.165) is 25.0 Å². The number of hydrogen-bond donors (Lipinski definition) is 2. The minimum absolute atomic E-state index is 0.0403. The summed E-state index contributed by atoms with van der Waals surface area (Å²) < 4.78 is 36.2. The zero-order valence-electron chi connectivity index (χ0n) is 10.0. The summed E-state index contributed by atoms with van der Waals surface area (Å²) in [6.45, 7) is 1.88. The van der Waals surface area contributed by atoms with Crippen LogP contribution in [0.2, 0.25) is 0 Å². The van der Waals surface area contributed by atoms with Crippen molar-refractivity contribution in [1.29, 1.82) is 0 Å². The number of primary sulfonamides is 1. The van der Waals surface area contributed by atoms with Crippen LogP contribution in [0, 0.1) is 5.82 Å². The van der Waals surface area contributed by atoms with E-state index in [1.54, 1.807) is 0 Å². The molecular formula is C11H12BrFN2O3S. The van der Waals surface area contributed by atoms with Gasteiger partial charge < -0.3 is 5.32 Å². The maximum Gasteiger partial charge on any atom is 0.252 e. The van der Waals surface area contributed by atoms with E-state index in [1.807, 2.05) is 6.92 Å². The molecule has 5 nitrogen and oxygen atoms in total. The number of rotatable bonds is 3. The van der Waals surface area contributed by atoms with Crippen LogP contribution >= 0.6 is 15.9 Å². The van der Waals surface area contributed by atoms with Gasteiger partial charge >= 0.3 is 0 Å². The summed E-state index contributed by atoms with van der Waals surface area (Å²) in [6.07, 6.45) is 1.72. The van der Waals surface area contributed by atoms with E-state index in [1.165, 1.54) is 0 Å². The number of amides is 1. The second kappa shape index (κ2) is 4.53. The molecule has 104 valence electrons. The number of benzene rings is 1. The van der Waals surface area contributed by atoms with E-state index >= 15 is 0 Å². The number of carbonyl (C=O) groups excluding carboxylic acids is 1. The largest absolute Gasteiger partial charge is 0.347 e. The van der Waals surface area contributed by atoms with Gasteiger partial charge in [-0.1, -0.05) is 0 Å². The second-order valence-electron chi connectivity index (χ2n) is 4.82. The minimum Gasteiger partial charge on any atom is -0.347 e. The van der Waals surface area contributed by atoms with E-state index < -0.39 is 26.6 Å². The number of carbonyl (C=O) groups is 1. The maximum absolute atomic E-state index is 13.5. The van der Waals surface area contributed by atoms with Crippen LogP contribution in [0.3, 0.4) is 0 Å². The molecular weight excluding hydrogens is 339 g/mol. The summed E-state index contributed by atoms with van der Waals surface area (Å²) in [5.74, 6) is -1.46. The van der Waals surface area contributed by atoms with E-state index in [4.69, 9.17) is 5.14 Å². The smallest absolute Gasteiger partial charge is 0.252 e. The molecule has 1 fully saturated rings. The van der Waals surface area contributed by atoms with Crippen molar-refractivity contribution in [3.8, 4) is 0 Å². The predicted molar refractivity (Wildman–Crippen MR) is 70.6 cm³/mol. The van der Waals surface area contributed by atoms with Gasteiger partial charge in [0, 0.05) is 10.0 Å². The second-order valence-corrected chi connectivity index (χ2v) is 7.21. The van der Waals surface area contributed by atoms with Crippen LogP contribution in [-0.4, -0.2) is 19.9 Å². The lowest BCUT2D eigenvalue weighted by Crippen LogP contribution is -2.34. The Balaban J connectivity index is 2.43. The average Bonchev–Trinajstić information content (AvgIpc) is 2.93. The maximum atomic E-state index is 13.5. The van der Waals surface area contributed by atoms with Crippen LogP contribution in [0.1, 0.15) is 30.1 Å². The Bertz CT molecular complexity index is 656. The van der Waals surface area contributed by atoms with Crippen molar-refractivity contribution >= 4 is 31.9 Å². The summed E-state index contributed by atoms with van der Waals surface area (Å²) in [5.41, 5.74) is -0.217. The quantitative estimate of drug-likeness (QED) is 0.865. The normalized spacial score (nSPS) is 17.1. The number of halogens is 2. The highest BCUT2D eigenvalue weighted by molar-refractivity contribution is 9.10. The Morgan fingerprint density at radius 3 is 2.53 bits per heavy atom. The van der Waals surface area contributed by atoms with Crippen molar-refractivity contribution in [3.63, 3.8) is 0 Å². The highest BCUT2D eigenvalue weighted by Gasteiger charge is 2.39. The summed E-state index contributed by atoms with van der Waals surface area (Å²) in [5, 5.41) is 7.66. The average molecular weight is 351 g/mol. The molecule has 3 N–H and O–H groups in total. The minimum atomic E-state index is -4.21. The van der Waals surface area contributed by atoms with Crippen molar-refractivity contribution in [2.75, 3.05) is 0 Å². The fraction of sp³-hybridized carbons (Fsp3) is 0.364.